The van der Waals surface area contributed by atoms with Crippen LogP contribution in [0.4, 0.5) is 13.2 Å². The summed E-state index contributed by atoms with van der Waals surface area (Å²) >= 11 is 6.70. The van der Waals surface area contributed by atoms with E-state index in [2.05, 4.69) is 30.6 Å². The van der Waals surface area contributed by atoms with Crippen LogP contribution in [0.1, 0.15) is 19.8 Å². The van der Waals surface area contributed by atoms with E-state index in [0.717, 1.165) is 12.5 Å². The molecule has 0 radical (unpaired) electrons. The summed E-state index contributed by atoms with van der Waals surface area (Å²) in [5, 5.41) is -1.91. The Hall–Kier alpha value is 0.967. The second kappa shape index (κ2) is 5.00. The molecule has 74 valence electrons. The summed E-state index contributed by atoms with van der Waals surface area (Å²) in [7, 11) is 0. The van der Waals surface area contributed by atoms with Gasteiger partial charge in [0.05, 0.1) is 0 Å². The third-order valence-electron chi connectivity index (χ3n) is 1.39. The van der Waals surface area contributed by atoms with E-state index in [-0.39, 0.29) is 6.04 Å². The summed E-state index contributed by atoms with van der Waals surface area (Å²) in [6, 6.07) is 1.05. The van der Waals surface area contributed by atoms with Crippen molar-refractivity contribution >= 4 is 35.9 Å². The largest absolute Gasteiger partial charge is 0.388 e. The van der Waals surface area contributed by atoms with Gasteiger partial charge in [0.2, 0.25) is 5.31 Å². The van der Waals surface area contributed by atoms with Crippen molar-refractivity contribution in [2.75, 3.05) is 0 Å². The van der Waals surface area contributed by atoms with Crippen molar-refractivity contribution in [1.29, 1.82) is 0 Å². The number of halogens is 5. The summed E-state index contributed by atoms with van der Waals surface area (Å²) in [5.74, 6) is 0. The van der Waals surface area contributed by atoms with Crippen LogP contribution in [0.2, 0.25) is 12.1 Å². The average Bonchev–Trinajstić information content (AvgIpc) is 1.83. The molecule has 0 nitrogen and oxygen atoms in total. The number of hydrogen-bond acceptors (Lipinski definition) is 0. The Balaban J connectivity index is 3.75. The molecule has 0 aliphatic heterocycles. The molecule has 0 N–H and O–H groups in total. The highest BCUT2D eigenvalue weighted by Gasteiger charge is 2.34. The summed E-state index contributed by atoms with van der Waals surface area (Å²) in [4.78, 5) is 0. The van der Waals surface area contributed by atoms with E-state index in [1.165, 1.54) is 0 Å². The van der Waals surface area contributed by atoms with Crippen LogP contribution in [0.25, 0.3) is 0 Å². The highest BCUT2D eigenvalue weighted by Crippen LogP contribution is 2.36. The van der Waals surface area contributed by atoms with E-state index in [0.29, 0.717) is 0 Å². The van der Waals surface area contributed by atoms with Crippen molar-refractivity contribution in [2.24, 2.45) is 0 Å². The molecule has 12 heavy (non-hydrogen) atoms. The fraction of sp³-hybridized carbons (Fsp3) is 1.00. The van der Waals surface area contributed by atoms with Crippen molar-refractivity contribution < 1.29 is 13.2 Å². The third kappa shape index (κ3) is 7.61. The van der Waals surface area contributed by atoms with Gasteiger partial charge in [-0.25, -0.2) is 0 Å². The Morgan fingerprint density at radius 3 is 2.00 bits per heavy atom. The van der Waals surface area contributed by atoms with Crippen LogP contribution in [-0.4, -0.2) is 11.5 Å². The number of alkyl halides is 3. The molecule has 0 aliphatic carbocycles. The zero-order valence-corrected chi connectivity index (χ0v) is 10.9. The molecular formula is C6H11Br2F3Si. The normalized spacial score (nSPS) is 13.5. The molecule has 0 aliphatic rings. The number of rotatable bonds is 4. The van der Waals surface area contributed by atoms with Crippen molar-refractivity contribution in [2.45, 2.75) is 38.0 Å². The van der Waals surface area contributed by atoms with Crippen molar-refractivity contribution in [1.82, 2.24) is 0 Å². The van der Waals surface area contributed by atoms with Crippen LogP contribution in [0.3, 0.4) is 0 Å². The molecule has 0 atom stereocenters. The van der Waals surface area contributed by atoms with Crippen LogP contribution in [0, 0.1) is 0 Å². The predicted molar refractivity (Wildman–Crippen MR) is 54.2 cm³/mol. The van der Waals surface area contributed by atoms with Gasteiger partial charge in [-0.15, -0.1) is 30.6 Å². The van der Waals surface area contributed by atoms with Crippen molar-refractivity contribution in [3.05, 3.63) is 0 Å². The molecule has 0 saturated carbocycles. The summed E-state index contributed by atoms with van der Waals surface area (Å²) in [5.41, 5.74) is 0. The maximum absolute atomic E-state index is 11.8. The van der Waals surface area contributed by atoms with Crippen LogP contribution >= 0.6 is 30.6 Å². The van der Waals surface area contributed by atoms with Gasteiger partial charge in [0.1, 0.15) is 0 Å². The molecule has 0 heterocycles. The maximum atomic E-state index is 11.8. The Kier molecular flexibility index (Phi) is 5.40. The van der Waals surface area contributed by atoms with Gasteiger partial charge in [-0.05, 0) is 12.1 Å². The predicted octanol–water partition coefficient (Wildman–Crippen LogP) is 4.58. The molecule has 0 bridgehead atoms. The van der Waals surface area contributed by atoms with Crippen LogP contribution in [-0.2, 0) is 0 Å². The lowest BCUT2D eigenvalue weighted by Gasteiger charge is -2.17. The summed E-state index contributed by atoms with van der Waals surface area (Å²) in [6.45, 7) is 1.97. The Bertz CT molecular complexity index is 135. The van der Waals surface area contributed by atoms with Gasteiger partial charge in [0, 0.05) is 6.42 Å². The first kappa shape index (κ1) is 13.0. The topological polar surface area (TPSA) is 0 Å². The first-order valence-electron chi connectivity index (χ1n) is 3.71. The van der Waals surface area contributed by atoms with E-state index in [9.17, 15) is 13.2 Å². The molecule has 0 unspecified atom stereocenters. The fourth-order valence-electron chi connectivity index (χ4n) is 0.815. The molecule has 0 rings (SSSR count). The maximum Gasteiger partial charge on any atom is 0.388 e. The Morgan fingerprint density at radius 2 is 1.67 bits per heavy atom. The first-order valence-corrected chi connectivity index (χ1v) is 10.6. The van der Waals surface area contributed by atoms with E-state index in [4.69, 9.17) is 0 Å². The zero-order chi connectivity index (χ0) is 9.83. The SMILES string of the molecule is CCC[Si](Br)(Br)CCC(F)(F)F. The average molecular weight is 328 g/mol. The summed E-state index contributed by atoms with van der Waals surface area (Å²) in [6.07, 6.45) is -3.79. The molecule has 0 aromatic heterocycles. The summed E-state index contributed by atoms with van der Waals surface area (Å²) < 4.78 is 35.4. The lowest BCUT2D eigenvalue weighted by Crippen LogP contribution is -2.20. The smallest absolute Gasteiger partial charge is 0.171 e. The lowest BCUT2D eigenvalue weighted by atomic mass is 10.5. The molecule has 0 spiro atoms. The van der Waals surface area contributed by atoms with Gasteiger partial charge in [0.15, 0.2) is 0 Å². The van der Waals surface area contributed by atoms with E-state index >= 15 is 0 Å². The highest BCUT2D eigenvalue weighted by molar-refractivity contribution is 9.51. The van der Waals surface area contributed by atoms with Crippen LogP contribution in [0.5, 0.6) is 0 Å². The van der Waals surface area contributed by atoms with E-state index in [1.807, 2.05) is 6.92 Å². The quantitative estimate of drug-likeness (QED) is 0.523. The minimum Gasteiger partial charge on any atom is -0.171 e. The van der Waals surface area contributed by atoms with Gasteiger partial charge in [-0.1, -0.05) is 13.3 Å². The van der Waals surface area contributed by atoms with Gasteiger partial charge < -0.3 is 0 Å². The van der Waals surface area contributed by atoms with Crippen molar-refractivity contribution in [3.8, 4) is 0 Å². The van der Waals surface area contributed by atoms with Gasteiger partial charge in [-0.2, -0.15) is 13.2 Å². The highest BCUT2D eigenvalue weighted by atomic mass is 79.9. The van der Waals surface area contributed by atoms with Crippen molar-refractivity contribution in [3.63, 3.8) is 0 Å². The Labute approximate surface area is 87.1 Å². The molecular weight excluding hydrogens is 317 g/mol. The molecule has 0 saturated heterocycles. The second-order valence-electron chi connectivity index (χ2n) is 2.72. The van der Waals surface area contributed by atoms with Gasteiger partial charge >= 0.3 is 6.18 Å². The van der Waals surface area contributed by atoms with Gasteiger partial charge in [0.25, 0.3) is 0 Å². The minimum atomic E-state index is -4.02. The van der Waals surface area contributed by atoms with Gasteiger partial charge in [-0.3, -0.25) is 0 Å². The molecule has 0 fully saturated rings. The number of hydrogen-bond donors (Lipinski definition) is 0. The monoisotopic (exact) mass is 326 g/mol. The van der Waals surface area contributed by atoms with Crippen LogP contribution < -0.4 is 0 Å². The Morgan fingerprint density at radius 1 is 1.17 bits per heavy atom. The third-order valence-corrected chi connectivity index (χ3v) is 8.36. The molecule has 0 amide bonds. The lowest BCUT2D eigenvalue weighted by molar-refractivity contribution is -0.130. The van der Waals surface area contributed by atoms with E-state index < -0.39 is 17.9 Å². The van der Waals surface area contributed by atoms with E-state index in [1.54, 1.807) is 0 Å². The van der Waals surface area contributed by atoms with Crippen LogP contribution in [0.15, 0.2) is 0 Å². The first-order chi connectivity index (χ1) is 5.27. The minimum absolute atomic E-state index is 0.213. The molecule has 0 aromatic rings. The zero-order valence-electron chi connectivity index (χ0n) is 6.72. The molecule has 6 heteroatoms. The second-order valence-corrected chi connectivity index (χ2v) is 17.7. The standard InChI is InChI=1S/C6H11Br2F3Si/c1-2-4-12(7,8)5-3-6(9,10)11/h2-5H2,1H3. The molecule has 0 aromatic carbocycles. The fourth-order valence-corrected chi connectivity index (χ4v) is 6.01.